The monoisotopic (exact) mass is 228 g/mol. The summed E-state index contributed by atoms with van der Waals surface area (Å²) in [6.45, 7) is 1.33. The molecule has 1 fully saturated rings. The Labute approximate surface area is 93.0 Å². The maximum atomic E-state index is 10.9. The second-order valence-electron chi connectivity index (χ2n) is 3.63. The van der Waals surface area contributed by atoms with Gasteiger partial charge in [0.05, 0.1) is 6.54 Å². The second kappa shape index (κ2) is 4.68. The fourth-order valence-electron chi connectivity index (χ4n) is 1.60. The molecular formula is C10H13ClN2O2. The van der Waals surface area contributed by atoms with Gasteiger partial charge in [-0.3, -0.25) is 4.79 Å². The van der Waals surface area contributed by atoms with Crippen molar-refractivity contribution in [3.63, 3.8) is 0 Å². The van der Waals surface area contributed by atoms with Gasteiger partial charge in [0.1, 0.15) is 5.76 Å². The number of carbonyl (C=O) groups is 1. The van der Waals surface area contributed by atoms with Gasteiger partial charge in [-0.2, -0.15) is 0 Å². The van der Waals surface area contributed by atoms with Crippen molar-refractivity contribution in [1.82, 2.24) is 10.6 Å². The van der Waals surface area contributed by atoms with E-state index in [4.69, 9.17) is 16.0 Å². The topological polar surface area (TPSA) is 54.3 Å². The van der Waals surface area contributed by atoms with Gasteiger partial charge in [0, 0.05) is 19.0 Å². The van der Waals surface area contributed by atoms with Crippen LogP contribution in [0.25, 0.3) is 0 Å². The van der Waals surface area contributed by atoms with Crippen molar-refractivity contribution in [2.45, 2.75) is 25.4 Å². The number of hydrogen-bond donors (Lipinski definition) is 2. The third-order valence-corrected chi connectivity index (χ3v) is 2.66. The van der Waals surface area contributed by atoms with E-state index in [-0.39, 0.29) is 5.91 Å². The summed E-state index contributed by atoms with van der Waals surface area (Å²) in [5.74, 6) is 0.950. The lowest BCUT2D eigenvalue weighted by Crippen LogP contribution is -2.45. The smallest absolute Gasteiger partial charge is 0.220 e. The number of halogens is 1. The first-order chi connectivity index (χ1) is 7.24. The van der Waals surface area contributed by atoms with Crippen LogP contribution in [0.3, 0.4) is 0 Å². The molecule has 1 aromatic heterocycles. The Hall–Kier alpha value is -1.00. The molecule has 0 radical (unpaired) electrons. The minimum Gasteiger partial charge on any atom is -0.448 e. The zero-order valence-electron chi connectivity index (χ0n) is 8.25. The number of rotatable bonds is 3. The van der Waals surface area contributed by atoms with E-state index in [9.17, 15) is 4.79 Å². The Morgan fingerprint density at radius 3 is 3.07 bits per heavy atom. The van der Waals surface area contributed by atoms with E-state index in [1.807, 2.05) is 6.07 Å². The molecule has 2 heterocycles. The van der Waals surface area contributed by atoms with Gasteiger partial charge in [-0.1, -0.05) is 0 Å². The number of piperidine rings is 1. The van der Waals surface area contributed by atoms with E-state index < -0.39 is 0 Å². The molecule has 1 unspecified atom stereocenters. The summed E-state index contributed by atoms with van der Waals surface area (Å²) in [4.78, 5) is 10.9. The predicted molar refractivity (Wildman–Crippen MR) is 56.6 cm³/mol. The zero-order chi connectivity index (χ0) is 10.7. The largest absolute Gasteiger partial charge is 0.448 e. The van der Waals surface area contributed by atoms with Gasteiger partial charge >= 0.3 is 0 Å². The van der Waals surface area contributed by atoms with Crippen LogP contribution in [-0.4, -0.2) is 18.5 Å². The highest BCUT2D eigenvalue weighted by atomic mass is 35.5. The van der Waals surface area contributed by atoms with E-state index in [1.165, 1.54) is 0 Å². The van der Waals surface area contributed by atoms with E-state index in [0.717, 1.165) is 12.2 Å². The molecule has 0 spiro atoms. The lowest BCUT2D eigenvalue weighted by Gasteiger charge is -2.22. The zero-order valence-corrected chi connectivity index (χ0v) is 9.01. The molecule has 0 aromatic carbocycles. The molecule has 4 nitrogen and oxygen atoms in total. The molecule has 82 valence electrons. The van der Waals surface area contributed by atoms with Crippen molar-refractivity contribution < 1.29 is 9.21 Å². The minimum atomic E-state index is 0.133. The van der Waals surface area contributed by atoms with Gasteiger partial charge in [0.25, 0.3) is 0 Å². The highest BCUT2D eigenvalue weighted by Crippen LogP contribution is 2.13. The van der Waals surface area contributed by atoms with Gasteiger partial charge in [-0.05, 0) is 30.2 Å². The Kier molecular flexibility index (Phi) is 3.28. The third-order valence-electron chi connectivity index (χ3n) is 2.46. The van der Waals surface area contributed by atoms with Crippen LogP contribution < -0.4 is 10.6 Å². The standard InChI is InChI=1S/C10H13ClN2O2/c11-9-3-2-8(15-9)6-12-7-1-4-10(14)13-5-7/h2-3,7,12H,1,4-6H2,(H,13,14). The summed E-state index contributed by atoms with van der Waals surface area (Å²) in [6.07, 6.45) is 1.47. The molecule has 1 aliphatic rings. The molecule has 0 bridgehead atoms. The summed E-state index contributed by atoms with van der Waals surface area (Å²) in [6, 6.07) is 3.89. The molecule has 15 heavy (non-hydrogen) atoms. The first-order valence-corrected chi connectivity index (χ1v) is 5.36. The summed E-state index contributed by atoms with van der Waals surface area (Å²) in [7, 11) is 0. The van der Waals surface area contributed by atoms with Crippen LogP contribution in [0.2, 0.25) is 5.22 Å². The quantitative estimate of drug-likeness (QED) is 0.820. The van der Waals surface area contributed by atoms with Crippen LogP contribution in [0.4, 0.5) is 0 Å². The molecule has 2 N–H and O–H groups in total. The summed E-state index contributed by atoms with van der Waals surface area (Å²) < 4.78 is 5.21. The highest BCUT2D eigenvalue weighted by Gasteiger charge is 2.17. The summed E-state index contributed by atoms with van der Waals surface area (Å²) >= 11 is 5.65. The average molecular weight is 229 g/mol. The molecule has 0 saturated carbocycles. The Bertz CT molecular complexity index is 341. The van der Waals surface area contributed by atoms with Crippen LogP contribution in [0.5, 0.6) is 0 Å². The molecule has 1 aromatic rings. The van der Waals surface area contributed by atoms with Crippen LogP contribution in [-0.2, 0) is 11.3 Å². The SMILES string of the molecule is O=C1CCC(NCc2ccc(Cl)o2)CN1. The molecular weight excluding hydrogens is 216 g/mol. The van der Waals surface area contributed by atoms with E-state index >= 15 is 0 Å². The molecule has 2 rings (SSSR count). The fourth-order valence-corrected chi connectivity index (χ4v) is 1.76. The number of nitrogens with one attached hydrogen (secondary N) is 2. The lowest BCUT2D eigenvalue weighted by molar-refractivity contribution is -0.122. The molecule has 1 amide bonds. The third kappa shape index (κ3) is 2.97. The van der Waals surface area contributed by atoms with Gasteiger partial charge < -0.3 is 15.1 Å². The van der Waals surface area contributed by atoms with Crippen LogP contribution in [0.1, 0.15) is 18.6 Å². The molecule has 1 aliphatic heterocycles. The number of amides is 1. The molecule has 0 aliphatic carbocycles. The lowest BCUT2D eigenvalue weighted by atomic mass is 10.1. The summed E-state index contributed by atoms with van der Waals surface area (Å²) in [5.41, 5.74) is 0. The summed E-state index contributed by atoms with van der Waals surface area (Å²) in [5, 5.41) is 6.53. The predicted octanol–water partition coefficient (Wildman–Crippen LogP) is 1.30. The van der Waals surface area contributed by atoms with Crippen molar-refractivity contribution in [2.75, 3.05) is 6.54 Å². The first kappa shape index (κ1) is 10.5. The van der Waals surface area contributed by atoms with E-state index in [2.05, 4.69) is 10.6 Å². The average Bonchev–Trinajstić information content (AvgIpc) is 2.64. The van der Waals surface area contributed by atoms with Gasteiger partial charge in [0.2, 0.25) is 5.91 Å². The van der Waals surface area contributed by atoms with E-state index in [1.54, 1.807) is 6.07 Å². The Morgan fingerprint density at radius 2 is 2.47 bits per heavy atom. The molecule has 5 heteroatoms. The molecule has 1 saturated heterocycles. The number of carbonyl (C=O) groups excluding carboxylic acids is 1. The normalized spacial score (nSPS) is 21.4. The van der Waals surface area contributed by atoms with E-state index in [0.29, 0.717) is 30.8 Å². The van der Waals surface area contributed by atoms with Gasteiger partial charge in [0.15, 0.2) is 5.22 Å². The van der Waals surface area contributed by atoms with Crippen molar-refractivity contribution in [3.8, 4) is 0 Å². The van der Waals surface area contributed by atoms with Crippen LogP contribution >= 0.6 is 11.6 Å². The minimum absolute atomic E-state index is 0.133. The van der Waals surface area contributed by atoms with Gasteiger partial charge in [-0.25, -0.2) is 0 Å². The second-order valence-corrected chi connectivity index (χ2v) is 4.00. The number of hydrogen-bond acceptors (Lipinski definition) is 3. The number of furan rings is 1. The Balaban J connectivity index is 1.76. The first-order valence-electron chi connectivity index (χ1n) is 4.98. The van der Waals surface area contributed by atoms with Crippen molar-refractivity contribution in [1.29, 1.82) is 0 Å². The van der Waals surface area contributed by atoms with Crippen LogP contribution in [0.15, 0.2) is 16.5 Å². The van der Waals surface area contributed by atoms with Gasteiger partial charge in [-0.15, -0.1) is 0 Å². The fraction of sp³-hybridized carbons (Fsp3) is 0.500. The maximum Gasteiger partial charge on any atom is 0.220 e. The Morgan fingerprint density at radius 1 is 1.60 bits per heavy atom. The molecule has 1 atom stereocenters. The van der Waals surface area contributed by atoms with Crippen molar-refractivity contribution >= 4 is 17.5 Å². The van der Waals surface area contributed by atoms with Crippen LogP contribution in [0, 0.1) is 0 Å². The van der Waals surface area contributed by atoms with Crippen molar-refractivity contribution in [2.24, 2.45) is 0 Å². The highest BCUT2D eigenvalue weighted by molar-refractivity contribution is 6.28. The van der Waals surface area contributed by atoms with Crippen molar-refractivity contribution in [3.05, 3.63) is 23.1 Å². The maximum absolute atomic E-state index is 10.9.